The van der Waals surface area contributed by atoms with Gasteiger partial charge in [0.2, 0.25) is 0 Å². The number of aromatic nitrogens is 1. The number of hydrogen-bond donors (Lipinski definition) is 1. The van der Waals surface area contributed by atoms with Crippen LogP contribution in [0.1, 0.15) is 36.3 Å². The van der Waals surface area contributed by atoms with Crippen molar-refractivity contribution in [3.8, 4) is 0 Å². The van der Waals surface area contributed by atoms with Crippen molar-refractivity contribution in [2.24, 2.45) is 0 Å². The van der Waals surface area contributed by atoms with Crippen LogP contribution in [0.4, 0.5) is 0 Å². The highest BCUT2D eigenvalue weighted by molar-refractivity contribution is 6.31. The molecule has 1 heterocycles. The SMILES string of the molecule is CCCc1ccc(C(O)c2ncccc2Cl)cc1. The molecule has 1 atom stereocenters. The molecular weight excluding hydrogens is 246 g/mol. The number of pyridine rings is 1. The summed E-state index contributed by atoms with van der Waals surface area (Å²) in [4.78, 5) is 4.13. The summed E-state index contributed by atoms with van der Waals surface area (Å²) in [5.41, 5.74) is 2.60. The van der Waals surface area contributed by atoms with Crippen LogP contribution in [-0.2, 0) is 6.42 Å². The maximum Gasteiger partial charge on any atom is 0.122 e. The van der Waals surface area contributed by atoms with Gasteiger partial charge in [0.1, 0.15) is 6.10 Å². The standard InChI is InChI=1S/C15H16ClNO/c1-2-4-11-6-8-12(9-7-11)15(18)14-13(16)5-3-10-17-14/h3,5-10,15,18H,2,4H2,1H3. The average Bonchev–Trinajstić information content (AvgIpc) is 2.40. The Hall–Kier alpha value is -1.38. The number of aliphatic hydroxyl groups excluding tert-OH is 1. The van der Waals surface area contributed by atoms with Gasteiger partial charge in [0, 0.05) is 6.20 Å². The highest BCUT2D eigenvalue weighted by Gasteiger charge is 2.14. The molecule has 0 amide bonds. The summed E-state index contributed by atoms with van der Waals surface area (Å²) in [5, 5.41) is 10.7. The lowest BCUT2D eigenvalue weighted by Crippen LogP contribution is -2.03. The Balaban J connectivity index is 2.23. The van der Waals surface area contributed by atoms with E-state index < -0.39 is 6.10 Å². The van der Waals surface area contributed by atoms with Gasteiger partial charge in [-0.05, 0) is 29.7 Å². The first-order valence-corrected chi connectivity index (χ1v) is 6.47. The molecule has 1 aromatic heterocycles. The van der Waals surface area contributed by atoms with Crippen LogP contribution in [0.2, 0.25) is 5.02 Å². The van der Waals surface area contributed by atoms with Crippen LogP contribution < -0.4 is 0 Å². The summed E-state index contributed by atoms with van der Waals surface area (Å²) in [6.45, 7) is 2.15. The maximum absolute atomic E-state index is 10.2. The molecule has 2 nitrogen and oxygen atoms in total. The Morgan fingerprint density at radius 3 is 2.56 bits per heavy atom. The van der Waals surface area contributed by atoms with Crippen LogP contribution >= 0.6 is 11.6 Å². The quantitative estimate of drug-likeness (QED) is 0.909. The fourth-order valence-electron chi connectivity index (χ4n) is 1.91. The van der Waals surface area contributed by atoms with Crippen LogP contribution in [0, 0.1) is 0 Å². The molecule has 0 aliphatic heterocycles. The molecule has 18 heavy (non-hydrogen) atoms. The lowest BCUT2D eigenvalue weighted by Gasteiger charge is -2.12. The predicted octanol–water partition coefficient (Wildman–Crippen LogP) is 3.77. The Bertz CT molecular complexity index is 510. The molecule has 0 fully saturated rings. The van der Waals surface area contributed by atoms with Crippen molar-refractivity contribution in [1.82, 2.24) is 4.98 Å². The van der Waals surface area contributed by atoms with E-state index in [9.17, 15) is 5.11 Å². The molecule has 0 aliphatic rings. The van der Waals surface area contributed by atoms with Crippen molar-refractivity contribution < 1.29 is 5.11 Å². The lowest BCUT2D eigenvalue weighted by atomic mass is 10.0. The first kappa shape index (κ1) is 13.1. The molecule has 0 saturated carbocycles. The van der Waals surface area contributed by atoms with Crippen molar-refractivity contribution >= 4 is 11.6 Å². The van der Waals surface area contributed by atoms with Crippen LogP contribution in [0.3, 0.4) is 0 Å². The molecule has 1 N–H and O–H groups in total. The fraction of sp³-hybridized carbons (Fsp3) is 0.267. The summed E-state index contributed by atoms with van der Waals surface area (Å²) in [6, 6.07) is 11.4. The maximum atomic E-state index is 10.2. The summed E-state index contributed by atoms with van der Waals surface area (Å²) in [6.07, 6.45) is 3.04. The van der Waals surface area contributed by atoms with Gasteiger partial charge >= 0.3 is 0 Å². The molecule has 1 aromatic carbocycles. The van der Waals surface area contributed by atoms with Gasteiger partial charge in [0.05, 0.1) is 10.7 Å². The van der Waals surface area contributed by atoms with E-state index in [1.165, 1.54) is 5.56 Å². The Kier molecular flexibility index (Phi) is 4.34. The van der Waals surface area contributed by atoms with Crippen LogP contribution in [-0.4, -0.2) is 10.1 Å². The number of benzene rings is 1. The monoisotopic (exact) mass is 261 g/mol. The highest BCUT2D eigenvalue weighted by Crippen LogP contribution is 2.26. The van der Waals surface area contributed by atoms with Crippen molar-refractivity contribution in [2.75, 3.05) is 0 Å². The molecule has 0 bridgehead atoms. The van der Waals surface area contributed by atoms with Gasteiger partial charge in [-0.15, -0.1) is 0 Å². The second kappa shape index (κ2) is 5.98. The average molecular weight is 262 g/mol. The minimum atomic E-state index is -0.769. The van der Waals surface area contributed by atoms with Gasteiger partial charge in [-0.25, -0.2) is 0 Å². The number of rotatable bonds is 4. The summed E-state index contributed by atoms with van der Waals surface area (Å²) < 4.78 is 0. The van der Waals surface area contributed by atoms with Crippen molar-refractivity contribution in [3.05, 3.63) is 64.4 Å². The van der Waals surface area contributed by atoms with Crippen molar-refractivity contribution in [3.63, 3.8) is 0 Å². The number of hydrogen-bond acceptors (Lipinski definition) is 2. The molecule has 94 valence electrons. The van der Waals surface area contributed by atoms with Gasteiger partial charge in [-0.1, -0.05) is 49.2 Å². The van der Waals surface area contributed by atoms with Gasteiger partial charge in [-0.2, -0.15) is 0 Å². The molecule has 3 heteroatoms. The molecule has 0 aliphatic carbocycles. The minimum Gasteiger partial charge on any atom is -0.382 e. The van der Waals surface area contributed by atoms with E-state index in [0.717, 1.165) is 18.4 Å². The summed E-state index contributed by atoms with van der Waals surface area (Å²) in [7, 11) is 0. The first-order valence-electron chi connectivity index (χ1n) is 6.09. The summed E-state index contributed by atoms with van der Waals surface area (Å²) >= 11 is 6.03. The second-order valence-corrected chi connectivity index (χ2v) is 4.67. The summed E-state index contributed by atoms with van der Waals surface area (Å²) in [5.74, 6) is 0. The number of halogens is 1. The first-order chi connectivity index (χ1) is 8.72. The van der Waals surface area contributed by atoms with E-state index in [1.807, 2.05) is 24.3 Å². The van der Waals surface area contributed by atoms with Crippen molar-refractivity contribution in [1.29, 1.82) is 0 Å². The Morgan fingerprint density at radius 1 is 1.22 bits per heavy atom. The van der Waals surface area contributed by atoms with Crippen LogP contribution in [0.15, 0.2) is 42.6 Å². The van der Waals surface area contributed by atoms with Gasteiger partial charge in [0.15, 0.2) is 0 Å². The zero-order chi connectivity index (χ0) is 13.0. The number of nitrogens with zero attached hydrogens (tertiary/aromatic N) is 1. The van der Waals surface area contributed by atoms with E-state index in [0.29, 0.717) is 10.7 Å². The lowest BCUT2D eigenvalue weighted by molar-refractivity contribution is 0.215. The number of aryl methyl sites for hydroxylation is 1. The zero-order valence-corrected chi connectivity index (χ0v) is 11.1. The molecule has 2 aromatic rings. The van der Waals surface area contributed by atoms with Crippen LogP contribution in [0.25, 0.3) is 0 Å². The Labute approximate surface area is 112 Å². The molecule has 0 radical (unpaired) electrons. The molecule has 1 unspecified atom stereocenters. The third-order valence-corrected chi connectivity index (χ3v) is 3.20. The fourth-order valence-corrected chi connectivity index (χ4v) is 2.14. The second-order valence-electron chi connectivity index (χ2n) is 4.26. The van der Waals surface area contributed by atoms with E-state index >= 15 is 0 Å². The Morgan fingerprint density at radius 2 is 1.94 bits per heavy atom. The molecular formula is C15H16ClNO. The molecule has 2 rings (SSSR count). The molecule has 0 spiro atoms. The largest absolute Gasteiger partial charge is 0.382 e. The smallest absolute Gasteiger partial charge is 0.122 e. The number of aliphatic hydroxyl groups is 1. The van der Waals surface area contributed by atoms with Crippen LogP contribution in [0.5, 0.6) is 0 Å². The third kappa shape index (κ3) is 2.89. The predicted molar refractivity (Wildman–Crippen MR) is 73.7 cm³/mol. The van der Waals surface area contributed by atoms with E-state index in [4.69, 9.17) is 11.6 Å². The highest BCUT2D eigenvalue weighted by atomic mass is 35.5. The van der Waals surface area contributed by atoms with E-state index in [1.54, 1.807) is 18.3 Å². The van der Waals surface area contributed by atoms with Gasteiger partial charge in [-0.3, -0.25) is 4.98 Å². The van der Waals surface area contributed by atoms with E-state index in [-0.39, 0.29) is 0 Å². The molecule has 0 saturated heterocycles. The van der Waals surface area contributed by atoms with Gasteiger partial charge in [0.25, 0.3) is 0 Å². The third-order valence-electron chi connectivity index (χ3n) is 2.88. The minimum absolute atomic E-state index is 0.489. The zero-order valence-electron chi connectivity index (χ0n) is 10.3. The van der Waals surface area contributed by atoms with E-state index in [2.05, 4.69) is 11.9 Å². The topological polar surface area (TPSA) is 33.1 Å². The van der Waals surface area contributed by atoms with Crippen molar-refractivity contribution in [2.45, 2.75) is 25.9 Å². The normalized spacial score (nSPS) is 12.4. The van der Waals surface area contributed by atoms with Gasteiger partial charge < -0.3 is 5.11 Å².